The lowest BCUT2D eigenvalue weighted by Gasteiger charge is -2.43. The van der Waals surface area contributed by atoms with Crippen molar-refractivity contribution < 1.29 is 19.3 Å². The van der Waals surface area contributed by atoms with Crippen LogP contribution in [0.5, 0.6) is 11.5 Å². The van der Waals surface area contributed by atoms with Gasteiger partial charge in [0.1, 0.15) is 11.5 Å². The van der Waals surface area contributed by atoms with Crippen molar-refractivity contribution in [2.45, 2.75) is 25.5 Å². The molecule has 1 N–H and O–H groups in total. The van der Waals surface area contributed by atoms with Gasteiger partial charge >= 0.3 is 0 Å². The number of hydrogen-bond acceptors (Lipinski definition) is 5. The lowest BCUT2D eigenvalue weighted by Crippen LogP contribution is -2.54. The monoisotopic (exact) mass is 295 g/mol. The molecule has 1 aliphatic rings. The SMILES string of the molecule is COc1ccc(C(O)CN2CCOCC2(C)C)c(OC)c1. The predicted molar refractivity (Wildman–Crippen MR) is 81.0 cm³/mol. The normalized spacial score (nSPS) is 20.0. The second-order valence-electron chi connectivity index (χ2n) is 5.93. The molecule has 0 aromatic heterocycles. The van der Waals surface area contributed by atoms with E-state index < -0.39 is 6.10 Å². The third kappa shape index (κ3) is 3.67. The average molecular weight is 295 g/mol. The highest BCUT2D eigenvalue weighted by Crippen LogP contribution is 2.31. The summed E-state index contributed by atoms with van der Waals surface area (Å²) >= 11 is 0. The molecular weight excluding hydrogens is 270 g/mol. The van der Waals surface area contributed by atoms with E-state index in [2.05, 4.69) is 18.7 Å². The molecule has 5 heteroatoms. The van der Waals surface area contributed by atoms with E-state index in [4.69, 9.17) is 14.2 Å². The van der Waals surface area contributed by atoms with Crippen LogP contribution in [-0.2, 0) is 4.74 Å². The van der Waals surface area contributed by atoms with Crippen molar-refractivity contribution >= 4 is 0 Å². The minimum atomic E-state index is -0.608. The maximum absolute atomic E-state index is 10.6. The number of morpholine rings is 1. The van der Waals surface area contributed by atoms with Gasteiger partial charge in [0, 0.05) is 30.3 Å². The number of benzene rings is 1. The standard InChI is InChI=1S/C16H25NO4/c1-16(2)11-21-8-7-17(16)10-14(18)13-6-5-12(19-3)9-15(13)20-4/h5-6,9,14,18H,7-8,10-11H2,1-4H3. The van der Waals surface area contributed by atoms with E-state index in [-0.39, 0.29) is 5.54 Å². The quantitative estimate of drug-likeness (QED) is 0.898. The van der Waals surface area contributed by atoms with Gasteiger partial charge < -0.3 is 19.3 Å². The van der Waals surface area contributed by atoms with Crippen molar-refractivity contribution in [2.75, 3.05) is 40.5 Å². The molecule has 0 bridgehead atoms. The first-order chi connectivity index (χ1) is 9.97. The summed E-state index contributed by atoms with van der Waals surface area (Å²) in [7, 11) is 3.21. The highest BCUT2D eigenvalue weighted by Gasteiger charge is 2.32. The number of ether oxygens (including phenoxy) is 3. The second-order valence-corrected chi connectivity index (χ2v) is 5.93. The van der Waals surface area contributed by atoms with E-state index >= 15 is 0 Å². The van der Waals surface area contributed by atoms with Crippen LogP contribution in [0.15, 0.2) is 18.2 Å². The molecule has 2 rings (SSSR count). The van der Waals surface area contributed by atoms with E-state index in [1.165, 1.54) is 0 Å². The molecule has 0 spiro atoms. The Labute approximate surface area is 126 Å². The summed E-state index contributed by atoms with van der Waals surface area (Å²) in [5.74, 6) is 1.36. The number of hydrogen-bond donors (Lipinski definition) is 1. The molecule has 1 aromatic carbocycles. The van der Waals surface area contributed by atoms with Gasteiger partial charge in [0.15, 0.2) is 0 Å². The third-order valence-corrected chi connectivity index (χ3v) is 4.01. The number of β-amino-alcohol motifs (C(OH)–C–C–N with tert-alkyl or cyclic N) is 1. The van der Waals surface area contributed by atoms with Crippen molar-refractivity contribution in [3.63, 3.8) is 0 Å². The molecule has 0 amide bonds. The van der Waals surface area contributed by atoms with Crippen molar-refractivity contribution in [3.8, 4) is 11.5 Å². The smallest absolute Gasteiger partial charge is 0.128 e. The van der Waals surface area contributed by atoms with Gasteiger partial charge in [0.2, 0.25) is 0 Å². The Morgan fingerprint density at radius 3 is 2.71 bits per heavy atom. The number of aliphatic hydroxyl groups excluding tert-OH is 1. The van der Waals surface area contributed by atoms with E-state index in [1.807, 2.05) is 12.1 Å². The van der Waals surface area contributed by atoms with Gasteiger partial charge in [-0.2, -0.15) is 0 Å². The fourth-order valence-electron chi connectivity index (χ4n) is 2.63. The van der Waals surface area contributed by atoms with Crippen LogP contribution in [0.1, 0.15) is 25.5 Å². The Bertz CT molecular complexity index is 475. The summed E-state index contributed by atoms with van der Waals surface area (Å²) in [6, 6.07) is 5.49. The molecule has 21 heavy (non-hydrogen) atoms. The topological polar surface area (TPSA) is 51.2 Å². The summed E-state index contributed by atoms with van der Waals surface area (Å²) in [4.78, 5) is 2.25. The Balaban J connectivity index is 2.14. The van der Waals surface area contributed by atoms with Crippen LogP contribution in [0, 0.1) is 0 Å². The summed E-state index contributed by atoms with van der Waals surface area (Å²) in [6.45, 7) is 7.02. The molecule has 0 saturated carbocycles. The molecule has 1 unspecified atom stereocenters. The van der Waals surface area contributed by atoms with Crippen LogP contribution in [-0.4, -0.2) is 56.1 Å². The van der Waals surface area contributed by atoms with Crippen molar-refractivity contribution in [2.24, 2.45) is 0 Å². The van der Waals surface area contributed by atoms with Gasteiger partial charge in [-0.15, -0.1) is 0 Å². The summed E-state index contributed by atoms with van der Waals surface area (Å²) in [5.41, 5.74) is 0.708. The average Bonchev–Trinajstić information content (AvgIpc) is 2.48. The Morgan fingerprint density at radius 2 is 2.10 bits per heavy atom. The van der Waals surface area contributed by atoms with Gasteiger partial charge in [-0.1, -0.05) is 0 Å². The first kappa shape index (κ1) is 16.1. The first-order valence-electron chi connectivity index (χ1n) is 7.20. The maximum Gasteiger partial charge on any atom is 0.128 e. The lowest BCUT2D eigenvalue weighted by molar-refractivity contribution is -0.0669. The van der Waals surface area contributed by atoms with Crippen LogP contribution < -0.4 is 9.47 Å². The molecule has 1 fully saturated rings. The highest BCUT2D eigenvalue weighted by atomic mass is 16.5. The molecule has 1 aliphatic heterocycles. The van der Waals surface area contributed by atoms with Gasteiger partial charge in [0.25, 0.3) is 0 Å². The number of methoxy groups -OCH3 is 2. The van der Waals surface area contributed by atoms with Crippen LogP contribution in [0.4, 0.5) is 0 Å². The Hall–Kier alpha value is -1.30. The summed E-state index contributed by atoms with van der Waals surface area (Å²) in [5, 5.41) is 10.6. The third-order valence-electron chi connectivity index (χ3n) is 4.01. The molecule has 1 saturated heterocycles. The lowest BCUT2D eigenvalue weighted by atomic mass is 10.00. The molecule has 118 valence electrons. The highest BCUT2D eigenvalue weighted by molar-refractivity contribution is 5.42. The Kier molecular flexibility index (Phi) is 5.08. The fraction of sp³-hybridized carbons (Fsp3) is 0.625. The Morgan fingerprint density at radius 1 is 1.33 bits per heavy atom. The van der Waals surface area contributed by atoms with Crippen LogP contribution in [0.2, 0.25) is 0 Å². The number of nitrogens with zero attached hydrogens (tertiary/aromatic N) is 1. The summed E-state index contributed by atoms with van der Waals surface area (Å²) < 4.78 is 16.1. The minimum Gasteiger partial charge on any atom is -0.497 e. The molecule has 1 heterocycles. The van der Waals surface area contributed by atoms with Crippen molar-refractivity contribution in [1.29, 1.82) is 0 Å². The largest absolute Gasteiger partial charge is 0.497 e. The van der Waals surface area contributed by atoms with Gasteiger partial charge in [-0.3, -0.25) is 4.90 Å². The molecule has 1 atom stereocenters. The zero-order chi connectivity index (χ0) is 15.5. The molecule has 1 aromatic rings. The molecular formula is C16H25NO4. The minimum absolute atomic E-state index is 0.0705. The molecule has 0 radical (unpaired) electrons. The second kappa shape index (κ2) is 6.64. The van der Waals surface area contributed by atoms with E-state index in [9.17, 15) is 5.11 Å². The fourth-order valence-corrected chi connectivity index (χ4v) is 2.63. The number of rotatable bonds is 5. The van der Waals surface area contributed by atoms with E-state index in [0.717, 1.165) is 17.9 Å². The van der Waals surface area contributed by atoms with Crippen LogP contribution in [0.3, 0.4) is 0 Å². The predicted octanol–water partition coefficient (Wildman–Crippen LogP) is 1.85. The summed E-state index contributed by atoms with van der Waals surface area (Å²) in [6.07, 6.45) is -0.608. The molecule has 5 nitrogen and oxygen atoms in total. The zero-order valence-electron chi connectivity index (χ0n) is 13.3. The van der Waals surface area contributed by atoms with Crippen LogP contribution >= 0.6 is 0 Å². The number of aliphatic hydroxyl groups is 1. The molecule has 0 aliphatic carbocycles. The van der Waals surface area contributed by atoms with E-state index in [0.29, 0.717) is 25.5 Å². The maximum atomic E-state index is 10.6. The van der Waals surface area contributed by atoms with Gasteiger partial charge in [0.05, 0.1) is 33.5 Å². The van der Waals surface area contributed by atoms with Gasteiger partial charge in [-0.05, 0) is 26.0 Å². The zero-order valence-corrected chi connectivity index (χ0v) is 13.3. The van der Waals surface area contributed by atoms with E-state index in [1.54, 1.807) is 20.3 Å². The van der Waals surface area contributed by atoms with Crippen molar-refractivity contribution in [3.05, 3.63) is 23.8 Å². The first-order valence-corrected chi connectivity index (χ1v) is 7.20. The van der Waals surface area contributed by atoms with Gasteiger partial charge in [-0.25, -0.2) is 0 Å². The van der Waals surface area contributed by atoms with Crippen LogP contribution in [0.25, 0.3) is 0 Å². The van der Waals surface area contributed by atoms with Crippen molar-refractivity contribution in [1.82, 2.24) is 4.90 Å².